The van der Waals surface area contributed by atoms with Gasteiger partial charge in [0.15, 0.2) is 0 Å². The molecule has 1 amide bonds. The van der Waals surface area contributed by atoms with E-state index >= 15 is 0 Å². The molecule has 3 atom stereocenters. The van der Waals surface area contributed by atoms with Gasteiger partial charge in [-0.25, -0.2) is 0 Å². The van der Waals surface area contributed by atoms with Gasteiger partial charge in [0.25, 0.3) is 0 Å². The highest BCUT2D eigenvalue weighted by Gasteiger charge is 2.24. The average Bonchev–Trinajstić information content (AvgIpc) is 3.26. The van der Waals surface area contributed by atoms with Crippen LogP contribution in [-0.2, 0) is 14.3 Å². The molecule has 0 fully saturated rings. The van der Waals surface area contributed by atoms with Crippen LogP contribution >= 0.6 is 0 Å². The third kappa shape index (κ3) is 44.7. The normalized spacial score (nSPS) is 13.4. The Balaban J connectivity index is 4.53. The number of amides is 1. The first-order valence-electron chi connectivity index (χ1n) is 27.2. The molecular weight excluding hydrogens is 767 g/mol. The zero-order chi connectivity index (χ0) is 45.2. The number of esters is 1. The number of nitrogens with one attached hydrogen (secondary N) is 1. The van der Waals surface area contributed by atoms with E-state index in [1.165, 1.54) is 161 Å². The zero-order valence-electron chi connectivity index (χ0n) is 41.5. The summed E-state index contributed by atoms with van der Waals surface area (Å²) >= 11 is 0. The highest BCUT2D eigenvalue weighted by molar-refractivity contribution is 5.77. The Morgan fingerprint density at radius 1 is 0.484 bits per heavy atom. The summed E-state index contributed by atoms with van der Waals surface area (Å²) in [7, 11) is 0. The van der Waals surface area contributed by atoms with E-state index in [-0.39, 0.29) is 24.9 Å². The second kappa shape index (κ2) is 50.1. The number of allylic oxidation sites excluding steroid dienone is 6. The van der Waals surface area contributed by atoms with Crippen molar-refractivity contribution in [1.29, 1.82) is 0 Å². The minimum absolute atomic E-state index is 0.0680. The molecule has 0 rings (SSSR count). The molecule has 0 aromatic heterocycles. The van der Waals surface area contributed by atoms with Gasteiger partial charge in [-0.1, -0.05) is 263 Å². The molecule has 3 N–H and O–H groups in total. The molecule has 0 aliphatic rings. The fourth-order valence-corrected chi connectivity index (χ4v) is 8.43. The van der Waals surface area contributed by atoms with Crippen molar-refractivity contribution in [2.24, 2.45) is 0 Å². The molecule has 6 heteroatoms. The van der Waals surface area contributed by atoms with E-state index in [1.54, 1.807) is 0 Å². The van der Waals surface area contributed by atoms with E-state index in [2.05, 4.69) is 62.5 Å². The maximum absolute atomic E-state index is 13.2. The van der Waals surface area contributed by atoms with Crippen molar-refractivity contribution in [3.8, 4) is 0 Å². The molecule has 364 valence electrons. The molecule has 62 heavy (non-hydrogen) atoms. The van der Waals surface area contributed by atoms with Crippen LogP contribution in [0.3, 0.4) is 0 Å². The van der Waals surface area contributed by atoms with Crippen molar-refractivity contribution in [1.82, 2.24) is 5.32 Å². The van der Waals surface area contributed by atoms with Crippen LogP contribution in [0.4, 0.5) is 0 Å². The van der Waals surface area contributed by atoms with Gasteiger partial charge in [-0.2, -0.15) is 0 Å². The maximum atomic E-state index is 13.2. The Morgan fingerprint density at radius 3 is 1.31 bits per heavy atom. The summed E-state index contributed by atoms with van der Waals surface area (Å²) in [6, 6.07) is -0.705. The number of aliphatic hydroxyl groups excluding tert-OH is 2. The third-order valence-corrected chi connectivity index (χ3v) is 12.5. The number of rotatable bonds is 49. The van der Waals surface area contributed by atoms with Gasteiger partial charge >= 0.3 is 5.97 Å². The predicted molar refractivity (Wildman–Crippen MR) is 269 cm³/mol. The Kier molecular flexibility index (Phi) is 48.5. The van der Waals surface area contributed by atoms with Crippen molar-refractivity contribution < 1.29 is 24.5 Å². The molecule has 0 aromatic carbocycles. The monoisotopic (exact) mass is 872 g/mol. The van der Waals surface area contributed by atoms with Crippen molar-refractivity contribution in [3.05, 3.63) is 36.5 Å². The number of aliphatic hydroxyl groups is 2. The van der Waals surface area contributed by atoms with Crippen LogP contribution in [0.1, 0.15) is 284 Å². The van der Waals surface area contributed by atoms with E-state index in [4.69, 9.17) is 4.74 Å². The summed E-state index contributed by atoms with van der Waals surface area (Å²) in [5, 5.41) is 23.8. The van der Waals surface area contributed by atoms with E-state index in [9.17, 15) is 19.8 Å². The summed E-state index contributed by atoms with van der Waals surface area (Å²) < 4.78 is 5.94. The summed E-state index contributed by atoms with van der Waals surface area (Å²) in [5.74, 6) is -0.481. The van der Waals surface area contributed by atoms with Gasteiger partial charge in [-0.05, 0) is 44.9 Å². The van der Waals surface area contributed by atoms with Crippen molar-refractivity contribution in [2.45, 2.75) is 302 Å². The molecule has 3 unspecified atom stereocenters. The quantitative estimate of drug-likeness (QED) is 0.0321. The Bertz CT molecular complexity index is 1020. The zero-order valence-corrected chi connectivity index (χ0v) is 41.5. The van der Waals surface area contributed by atoms with E-state index in [1.807, 2.05) is 0 Å². The molecule has 0 aliphatic carbocycles. The van der Waals surface area contributed by atoms with Gasteiger partial charge in [0.2, 0.25) is 5.91 Å². The average molecular weight is 872 g/mol. The number of carbonyl (C=O) groups excluding carboxylic acids is 2. The Labute approximate surface area is 385 Å². The van der Waals surface area contributed by atoms with Crippen LogP contribution in [0, 0.1) is 0 Å². The van der Waals surface area contributed by atoms with Crippen molar-refractivity contribution >= 4 is 11.9 Å². The Morgan fingerprint density at radius 2 is 0.871 bits per heavy atom. The SMILES string of the molecule is CC/C=C/C=C/C=C/CCCCCCCC(CC(=O)NC(CO)C(O)CCCCCCCCCCCCCCCCC)OC(=O)CCCCCCCCCCCCCCCCC. The van der Waals surface area contributed by atoms with E-state index < -0.39 is 18.2 Å². The largest absolute Gasteiger partial charge is 0.462 e. The van der Waals surface area contributed by atoms with Crippen LogP contribution < -0.4 is 5.32 Å². The summed E-state index contributed by atoms with van der Waals surface area (Å²) in [6.07, 6.45) is 59.2. The fourth-order valence-electron chi connectivity index (χ4n) is 8.43. The number of ether oxygens (including phenoxy) is 1. The summed E-state index contributed by atoms with van der Waals surface area (Å²) in [5.41, 5.74) is 0. The number of carbonyl (C=O) groups is 2. The first-order chi connectivity index (χ1) is 30.5. The van der Waals surface area contributed by atoms with Gasteiger partial charge in [-0.15, -0.1) is 0 Å². The van der Waals surface area contributed by atoms with E-state index in [0.717, 1.165) is 77.0 Å². The van der Waals surface area contributed by atoms with Crippen LogP contribution in [0.5, 0.6) is 0 Å². The van der Waals surface area contributed by atoms with Gasteiger partial charge in [0.1, 0.15) is 6.10 Å². The second-order valence-electron chi connectivity index (χ2n) is 18.7. The molecule has 0 saturated heterocycles. The molecule has 0 aliphatic heterocycles. The smallest absolute Gasteiger partial charge is 0.306 e. The fraction of sp³-hybridized carbons (Fsp3) is 0.857. The molecule has 0 saturated carbocycles. The molecule has 6 nitrogen and oxygen atoms in total. The highest BCUT2D eigenvalue weighted by atomic mass is 16.5. The molecule has 0 spiro atoms. The summed E-state index contributed by atoms with van der Waals surface area (Å²) in [4.78, 5) is 26.2. The first kappa shape index (κ1) is 60.1. The lowest BCUT2D eigenvalue weighted by Crippen LogP contribution is -2.46. The number of hydrogen-bond acceptors (Lipinski definition) is 5. The summed E-state index contributed by atoms with van der Waals surface area (Å²) in [6.45, 7) is 6.37. The maximum Gasteiger partial charge on any atom is 0.306 e. The number of unbranched alkanes of at least 4 members (excludes halogenated alkanes) is 33. The minimum atomic E-state index is -0.791. The molecule has 0 bridgehead atoms. The topological polar surface area (TPSA) is 95.9 Å². The van der Waals surface area contributed by atoms with Crippen molar-refractivity contribution in [3.63, 3.8) is 0 Å². The first-order valence-corrected chi connectivity index (χ1v) is 27.2. The standard InChI is InChI=1S/C56H105NO5/c1-4-7-10-13-16-19-22-25-27-30-33-36-39-42-45-48-54(59)53(51-58)57-55(60)50-52(47-44-41-38-35-32-29-24-21-18-15-12-9-6-3)62-56(61)49-46-43-40-37-34-31-28-26-23-20-17-14-11-8-5-2/h9,12,15,18,21,24,52-54,58-59H,4-8,10-11,13-14,16-17,19-20,22-23,25-51H2,1-3H3,(H,57,60)/b12-9+,18-15+,24-21+. The minimum Gasteiger partial charge on any atom is -0.462 e. The van der Waals surface area contributed by atoms with Gasteiger partial charge in [0, 0.05) is 6.42 Å². The van der Waals surface area contributed by atoms with Crippen LogP contribution in [0.25, 0.3) is 0 Å². The highest BCUT2D eigenvalue weighted by Crippen LogP contribution is 2.18. The molecule has 0 aromatic rings. The van der Waals surface area contributed by atoms with Crippen LogP contribution in [-0.4, -0.2) is 46.9 Å². The van der Waals surface area contributed by atoms with Gasteiger partial charge in [-0.3, -0.25) is 9.59 Å². The number of hydrogen-bond donors (Lipinski definition) is 3. The molecule has 0 radical (unpaired) electrons. The second-order valence-corrected chi connectivity index (χ2v) is 18.7. The third-order valence-electron chi connectivity index (χ3n) is 12.5. The molecule has 0 heterocycles. The van der Waals surface area contributed by atoms with Gasteiger partial charge < -0.3 is 20.3 Å². The van der Waals surface area contributed by atoms with Gasteiger partial charge in [0.05, 0.1) is 25.2 Å². The lowest BCUT2D eigenvalue weighted by molar-refractivity contribution is -0.151. The van der Waals surface area contributed by atoms with Crippen LogP contribution in [0.15, 0.2) is 36.5 Å². The Hall–Kier alpha value is -1.92. The lowest BCUT2D eigenvalue weighted by Gasteiger charge is -2.24. The van der Waals surface area contributed by atoms with E-state index in [0.29, 0.717) is 19.3 Å². The predicted octanol–water partition coefficient (Wildman–Crippen LogP) is 16.5. The van der Waals surface area contributed by atoms with Crippen LogP contribution in [0.2, 0.25) is 0 Å². The lowest BCUT2D eigenvalue weighted by atomic mass is 10.0. The molecular formula is C56H105NO5. The van der Waals surface area contributed by atoms with Crippen molar-refractivity contribution in [2.75, 3.05) is 6.61 Å².